The Kier molecular flexibility index (Phi) is 7.10. The maximum absolute atomic E-state index is 12.6. The zero-order valence-electron chi connectivity index (χ0n) is 17.5. The summed E-state index contributed by atoms with van der Waals surface area (Å²) >= 11 is 0. The molecule has 2 aromatic carbocycles. The van der Waals surface area contributed by atoms with Crippen molar-refractivity contribution in [3.8, 4) is 0 Å². The van der Waals surface area contributed by atoms with Crippen molar-refractivity contribution in [2.75, 3.05) is 45.2 Å². The summed E-state index contributed by atoms with van der Waals surface area (Å²) < 4.78 is 0. The van der Waals surface area contributed by atoms with E-state index in [2.05, 4.69) is 79.3 Å². The lowest BCUT2D eigenvalue weighted by Gasteiger charge is -2.36. The van der Waals surface area contributed by atoms with Gasteiger partial charge in [0.1, 0.15) is 0 Å². The first-order valence-electron chi connectivity index (χ1n) is 10.3. The first-order valence-corrected chi connectivity index (χ1v) is 10.3. The lowest BCUT2D eigenvalue weighted by Crippen LogP contribution is -2.48. The van der Waals surface area contributed by atoms with Crippen LogP contribution >= 0.6 is 0 Å². The SMILES string of the molecule is Cc1ccc(CCCC(=O)N2CCN(c3cccc(CN(C)C)c3)CC2)cc1. The van der Waals surface area contributed by atoms with E-state index in [1.807, 2.05) is 4.90 Å². The van der Waals surface area contributed by atoms with Crippen molar-refractivity contribution in [1.29, 1.82) is 0 Å². The van der Waals surface area contributed by atoms with Crippen LogP contribution in [0.1, 0.15) is 29.5 Å². The maximum Gasteiger partial charge on any atom is 0.222 e. The molecule has 0 aromatic heterocycles. The Bertz CT molecular complexity index is 762. The van der Waals surface area contributed by atoms with E-state index in [0.717, 1.165) is 45.6 Å². The predicted octanol–water partition coefficient (Wildman–Crippen LogP) is 3.73. The van der Waals surface area contributed by atoms with Crippen LogP contribution in [-0.2, 0) is 17.8 Å². The fourth-order valence-corrected chi connectivity index (χ4v) is 3.79. The molecule has 0 spiro atoms. The molecule has 1 heterocycles. The normalized spacial score (nSPS) is 14.6. The van der Waals surface area contributed by atoms with E-state index in [4.69, 9.17) is 0 Å². The highest BCUT2D eigenvalue weighted by Crippen LogP contribution is 2.19. The lowest BCUT2D eigenvalue weighted by atomic mass is 10.1. The van der Waals surface area contributed by atoms with Gasteiger partial charge in [0, 0.05) is 44.8 Å². The molecule has 0 saturated carbocycles. The number of carbonyl (C=O) groups is 1. The van der Waals surface area contributed by atoms with Gasteiger partial charge < -0.3 is 14.7 Å². The Labute approximate surface area is 169 Å². The number of amides is 1. The van der Waals surface area contributed by atoms with Crippen molar-refractivity contribution in [1.82, 2.24) is 9.80 Å². The highest BCUT2D eigenvalue weighted by molar-refractivity contribution is 5.76. The molecule has 1 saturated heterocycles. The van der Waals surface area contributed by atoms with Crippen LogP contribution in [0.15, 0.2) is 48.5 Å². The monoisotopic (exact) mass is 379 g/mol. The molecule has 0 unspecified atom stereocenters. The van der Waals surface area contributed by atoms with Gasteiger partial charge in [-0.2, -0.15) is 0 Å². The lowest BCUT2D eigenvalue weighted by molar-refractivity contribution is -0.131. The molecule has 1 aliphatic rings. The van der Waals surface area contributed by atoms with E-state index in [1.165, 1.54) is 22.4 Å². The third-order valence-corrected chi connectivity index (χ3v) is 5.38. The average molecular weight is 380 g/mol. The van der Waals surface area contributed by atoms with Gasteiger partial charge in [0.2, 0.25) is 5.91 Å². The second-order valence-corrected chi connectivity index (χ2v) is 8.11. The second-order valence-electron chi connectivity index (χ2n) is 8.11. The van der Waals surface area contributed by atoms with E-state index >= 15 is 0 Å². The topological polar surface area (TPSA) is 26.8 Å². The molecule has 0 radical (unpaired) electrons. The van der Waals surface area contributed by atoms with E-state index in [9.17, 15) is 4.79 Å². The highest BCUT2D eigenvalue weighted by Gasteiger charge is 2.21. The number of nitrogens with zero attached hydrogens (tertiary/aromatic N) is 3. The molecule has 2 aromatic rings. The Hall–Kier alpha value is -2.33. The van der Waals surface area contributed by atoms with Crippen LogP contribution in [0, 0.1) is 6.92 Å². The largest absolute Gasteiger partial charge is 0.368 e. The molecule has 1 amide bonds. The van der Waals surface area contributed by atoms with Crippen LogP contribution in [0.4, 0.5) is 5.69 Å². The van der Waals surface area contributed by atoms with Crippen LogP contribution in [0.25, 0.3) is 0 Å². The molecule has 150 valence electrons. The molecule has 0 N–H and O–H groups in total. The minimum absolute atomic E-state index is 0.299. The standard InChI is InChI=1S/C24H33N3O/c1-20-10-12-21(13-11-20)6-5-9-24(28)27-16-14-26(15-17-27)23-8-4-7-22(18-23)19-25(2)3/h4,7-8,10-13,18H,5-6,9,14-17,19H2,1-3H3. The first-order chi connectivity index (χ1) is 13.5. The molecule has 3 rings (SSSR count). The van der Waals surface area contributed by atoms with Gasteiger partial charge in [0.05, 0.1) is 0 Å². The van der Waals surface area contributed by atoms with Crippen LogP contribution in [0.2, 0.25) is 0 Å². The van der Waals surface area contributed by atoms with Gasteiger partial charge >= 0.3 is 0 Å². The molecule has 1 aliphatic heterocycles. The van der Waals surface area contributed by atoms with Gasteiger partial charge in [0.15, 0.2) is 0 Å². The van der Waals surface area contributed by atoms with E-state index in [1.54, 1.807) is 0 Å². The molecule has 1 fully saturated rings. The summed E-state index contributed by atoms with van der Waals surface area (Å²) in [5.41, 5.74) is 5.20. The number of anilines is 1. The van der Waals surface area contributed by atoms with E-state index in [-0.39, 0.29) is 0 Å². The Morgan fingerprint density at radius 1 is 0.964 bits per heavy atom. The number of rotatable bonds is 7. The van der Waals surface area contributed by atoms with Gasteiger partial charge in [-0.15, -0.1) is 0 Å². The highest BCUT2D eigenvalue weighted by atomic mass is 16.2. The van der Waals surface area contributed by atoms with Gasteiger partial charge in [-0.25, -0.2) is 0 Å². The number of carbonyl (C=O) groups excluding carboxylic acids is 1. The van der Waals surface area contributed by atoms with Crippen LogP contribution < -0.4 is 4.90 Å². The van der Waals surface area contributed by atoms with Crippen molar-refractivity contribution >= 4 is 11.6 Å². The number of hydrogen-bond donors (Lipinski definition) is 0. The first kappa shape index (κ1) is 20.4. The summed E-state index contributed by atoms with van der Waals surface area (Å²) in [6.07, 6.45) is 2.55. The van der Waals surface area contributed by atoms with Gasteiger partial charge in [-0.05, 0) is 57.1 Å². The summed E-state index contributed by atoms with van der Waals surface area (Å²) in [5, 5.41) is 0. The molecule has 4 nitrogen and oxygen atoms in total. The summed E-state index contributed by atoms with van der Waals surface area (Å²) in [6, 6.07) is 17.4. The number of hydrogen-bond acceptors (Lipinski definition) is 3. The Balaban J connectivity index is 1.44. The zero-order chi connectivity index (χ0) is 19.9. The van der Waals surface area contributed by atoms with Crippen molar-refractivity contribution in [3.05, 3.63) is 65.2 Å². The minimum atomic E-state index is 0.299. The molecule has 0 aliphatic carbocycles. The Morgan fingerprint density at radius 2 is 1.68 bits per heavy atom. The zero-order valence-corrected chi connectivity index (χ0v) is 17.5. The average Bonchev–Trinajstić information content (AvgIpc) is 2.69. The minimum Gasteiger partial charge on any atom is -0.368 e. The molecule has 0 bridgehead atoms. The van der Waals surface area contributed by atoms with Gasteiger partial charge in [-0.3, -0.25) is 4.79 Å². The smallest absolute Gasteiger partial charge is 0.222 e. The summed E-state index contributed by atoms with van der Waals surface area (Å²) in [6.45, 7) is 6.52. The molecular formula is C24H33N3O. The Morgan fingerprint density at radius 3 is 2.36 bits per heavy atom. The summed E-state index contributed by atoms with van der Waals surface area (Å²) in [4.78, 5) is 19.2. The second kappa shape index (κ2) is 9.74. The maximum atomic E-state index is 12.6. The third-order valence-electron chi connectivity index (χ3n) is 5.38. The van der Waals surface area contributed by atoms with Crippen molar-refractivity contribution in [2.24, 2.45) is 0 Å². The van der Waals surface area contributed by atoms with Crippen molar-refractivity contribution in [3.63, 3.8) is 0 Å². The van der Waals surface area contributed by atoms with Crippen molar-refractivity contribution in [2.45, 2.75) is 32.7 Å². The van der Waals surface area contributed by atoms with Crippen molar-refractivity contribution < 1.29 is 4.79 Å². The molecular weight excluding hydrogens is 346 g/mol. The predicted molar refractivity (Wildman–Crippen MR) is 117 cm³/mol. The quantitative estimate of drug-likeness (QED) is 0.733. The van der Waals surface area contributed by atoms with Gasteiger partial charge in [0.25, 0.3) is 0 Å². The molecule has 4 heteroatoms. The third kappa shape index (κ3) is 5.83. The number of aryl methyl sites for hydroxylation is 2. The number of piperazine rings is 1. The van der Waals surface area contributed by atoms with Crippen LogP contribution in [-0.4, -0.2) is 56.0 Å². The van der Waals surface area contributed by atoms with Gasteiger partial charge in [-0.1, -0.05) is 42.0 Å². The fourth-order valence-electron chi connectivity index (χ4n) is 3.79. The van der Waals surface area contributed by atoms with Crippen LogP contribution in [0.3, 0.4) is 0 Å². The van der Waals surface area contributed by atoms with Crippen LogP contribution in [0.5, 0.6) is 0 Å². The van der Waals surface area contributed by atoms with E-state index in [0.29, 0.717) is 12.3 Å². The summed E-state index contributed by atoms with van der Waals surface area (Å²) in [7, 11) is 4.19. The fraction of sp³-hybridized carbons (Fsp3) is 0.458. The number of benzene rings is 2. The molecule has 28 heavy (non-hydrogen) atoms. The van der Waals surface area contributed by atoms with E-state index < -0.39 is 0 Å². The summed E-state index contributed by atoms with van der Waals surface area (Å²) in [5.74, 6) is 0.299. The molecule has 0 atom stereocenters.